The molecule has 4 heteroatoms. The molecule has 2 atom stereocenters. The Morgan fingerprint density at radius 1 is 1.39 bits per heavy atom. The minimum Gasteiger partial charge on any atom is -0.378 e. The first kappa shape index (κ1) is 13.4. The number of hydrogen-bond donors (Lipinski definition) is 1. The van der Waals surface area contributed by atoms with Crippen molar-refractivity contribution < 1.29 is 13.5 Å². The number of nitrogens with one attached hydrogen (secondary N) is 1. The van der Waals surface area contributed by atoms with Crippen molar-refractivity contribution in [3.8, 4) is 0 Å². The molecule has 1 aromatic carbocycles. The average Bonchev–Trinajstić information content (AvgIpc) is 2.87. The maximum Gasteiger partial charge on any atom is 0.163 e. The summed E-state index contributed by atoms with van der Waals surface area (Å²) in [5.41, 5.74) is 0.722. The van der Waals surface area contributed by atoms with Gasteiger partial charge in [0.15, 0.2) is 11.6 Å². The van der Waals surface area contributed by atoms with E-state index in [2.05, 4.69) is 5.32 Å². The van der Waals surface area contributed by atoms with Gasteiger partial charge < -0.3 is 10.1 Å². The van der Waals surface area contributed by atoms with Crippen LogP contribution in [0, 0.1) is 18.6 Å². The second kappa shape index (κ2) is 5.76. The highest BCUT2D eigenvalue weighted by molar-refractivity contribution is 5.28. The van der Waals surface area contributed by atoms with Crippen molar-refractivity contribution in [2.45, 2.75) is 38.3 Å². The Kier molecular flexibility index (Phi) is 4.30. The lowest BCUT2D eigenvalue weighted by Gasteiger charge is -2.21. The van der Waals surface area contributed by atoms with Crippen LogP contribution in [0.4, 0.5) is 8.78 Å². The summed E-state index contributed by atoms with van der Waals surface area (Å²) >= 11 is 0. The molecule has 0 aliphatic carbocycles. The Hall–Kier alpha value is -1.00. The topological polar surface area (TPSA) is 21.3 Å². The number of ether oxygens (including phenoxy) is 1. The molecular weight excluding hydrogens is 236 g/mol. The van der Waals surface area contributed by atoms with Crippen LogP contribution in [0.3, 0.4) is 0 Å². The molecule has 0 saturated carbocycles. The van der Waals surface area contributed by atoms with Crippen LogP contribution in [0.25, 0.3) is 0 Å². The average molecular weight is 255 g/mol. The summed E-state index contributed by atoms with van der Waals surface area (Å²) in [4.78, 5) is 0. The fourth-order valence-electron chi connectivity index (χ4n) is 2.42. The van der Waals surface area contributed by atoms with Gasteiger partial charge in [0.2, 0.25) is 0 Å². The Morgan fingerprint density at radius 2 is 2.17 bits per heavy atom. The van der Waals surface area contributed by atoms with Gasteiger partial charge in [-0.25, -0.2) is 8.78 Å². The lowest BCUT2D eigenvalue weighted by Crippen LogP contribution is -2.23. The summed E-state index contributed by atoms with van der Waals surface area (Å²) < 4.78 is 33.0. The first-order valence-electron chi connectivity index (χ1n) is 6.37. The zero-order valence-corrected chi connectivity index (χ0v) is 10.8. The number of benzene rings is 1. The third-order valence-corrected chi connectivity index (χ3v) is 3.55. The molecule has 1 aromatic rings. The molecule has 1 fully saturated rings. The minimum atomic E-state index is -0.750. The van der Waals surface area contributed by atoms with Crippen LogP contribution in [0.15, 0.2) is 12.1 Å². The van der Waals surface area contributed by atoms with Gasteiger partial charge in [-0.15, -0.1) is 0 Å². The van der Waals surface area contributed by atoms with Crippen molar-refractivity contribution in [2.75, 3.05) is 13.7 Å². The highest BCUT2D eigenvalue weighted by Crippen LogP contribution is 2.28. The molecule has 100 valence electrons. The third-order valence-electron chi connectivity index (χ3n) is 3.55. The smallest absolute Gasteiger partial charge is 0.163 e. The van der Waals surface area contributed by atoms with E-state index in [9.17, 15) is 8.78 Å². The second-order valence-electron chi connectivity index (χ2n) is 4.81. The molecule has 1 aliphatic heterocycles. The van der Waals surface area contributed by atoms with Gasteiger partial charge in [0, 0.05) is 18.2 Å². The SMILES string of the molecule is CNC(CC1CCCO1)c1ccc(C)c(F)c1F. The van der Waals surface area contributed by atoms with E-state index >= 15 is 0 Å². The van der Waals surface area contributed by atoms with E-state index in [-0.39, 0.29) is 12.1 Å². The van der Waals surface area contributed by atoms with Crippen molar-refractivity contribution in [2.24, 2.45) is 0 Å². The first-order valence-corrected chi connectivity index (χ1v) is 6.37. The van der Waals surface area contributed by atoms with Gasteiger partial charge in [-0.1, -0.05) is 12.1 Å². The first-order chi connectivity index (χ1) is 8.63. The highest BCUT2D eigenvalue weighted by Gasteiger charge is 2.24. The summed E-state index contributed by atoms with van der Waals surface area (Å²) in [5.74, 6) is -1.49. The summed E-state index contributed by atoms with van der Waals surface area (Å²) in [5, 5.41) is 3.05. The van der Waals surface area contributed by atoms with Gasteiger partial charge in [0.1, 0.15) is 0 Å². The molecule has 0 radical (unpaired) electrons. The molecule has 1 aliphatic rings. The maximum absolute atomic E-state index is 13.9. The molecule has 0 amide bonds. The summed E-state index contributed by atoms with van der Waals surface area (Å²) in [6.07, 6.45) is 2.86. The van der Waals surface area contributed by atoms with E-state index < -0.39 is 11.6 Å². The quantitative estimate of drug-likeness (QED) is 0.892. The second-order valence-corrected chi connectivity index (χ2v) is 4.81. The molecule has 1 heterocycles. The van der Waals surface area contributed by atoms with E-state index in [1.807, 2.05) is 0 Å². The predicted octanol–water partition coefficient (Wildman–Crippen LogP) is 3.10. The van der Waals surface area contributed by atoms with Crippen LogP contribution in [-0.2, 0) is 4.74 Å². The predicted molar refractivity (Wildman–Crippen MR) is 66.5 cm³/mol. The Morgan fingerprint density at radius 3 is 2.78 bits per heavy atom. The molecule has 0 aromatic heterocycles. The number of halogens is 2. The number of aryl methyl sites for hydroxylation is 1. The van der Waals surface area contributed by atoms with Crippen molar-refractivity contribution in [1.29, 1.82) is 0 Å². The third kappa shape index (κ3) is 2.70. The highest BCUT2D eigenvalue weighted by atomic mass is 19.2. The molecule has 2 unspecified atom stereocenters. The van der Waals surface area contributed by atoms with Crippen LogP contribution < -0.4 is 5.32 Å². The lowest BCUT2D eigenvalue weighted by atomic mass is 9.97. The van der Waals surface area contributed by atoms with Crippen LogP contribution in [0.5, 0.6) is 0 Å². The van der Waals surface area contributed by atoms with Crippen molar-refractivity contribution in [3.63, 3.8) is 0 Å². The standard InChI is InChI=1S/C14H19F2NO/c1-9-5-6-11(14(16)13(9)15)12(17-2)8-10-4-3-7-18-10/h5-6,10,12,17H,3-4,7-8H2,1-2H3. The van der Waals surface area contributed by atoms with Gasteiger partial charge in [-0.3, -0.25) is 0 Å². The Balaban J connectivity index is 2.18. The van der Waals surface area contributed by atoms with Crippen molar-refractivity contribution in [1.82, 2.24) is 5.32 Å². The Bertz CT molecular complexity index is 417. The van der Waals surface area contributed by atoms with Gasteiger partial charge in [0.05, 0.1) is 6.10 Å². The van der Waals surface area contributed by atoms with E-state index in [0.717, 1.165) is 19.4 Å². The van der Waals surface area contributed by atoms with E-state index in [1.165, 1.54) is 0 Å². The molecule has 0 bridgehead atoms. The number of hydrogen-bond acceptors (Lipinski definition) is 2. The van der Waals surface area contributed by atoms with Crippen LogP contribution in [0.2, 0.25) is 0 Å². The zero-order valence-electron chi connectivity index (χ0n) is 10.8. The maximum atomic E-state index is 13.9. The molecule has 18 heavy (non-hydrogen) atoms. The van der Waals surface area contributed by atoms with Gasteiger partial charge in [0.25, 0.3) is 0 Å². The molecule has 1 N–H and O–H groups in total. The molecule has 0 spiro atoms. The largest absolute Gasteiger partial charge is 0.378 e. The zero-order chi connectivity index (χ0) is 13.1. The minimum absolute atomic E-state index is 0.145. The molecular formula is C14H19F2NO. The van der Waals surface area contributed by atoms with Crippen LogP contribution in [-0.4, -0.2) is 19.8 Å². The summed E-state index contributed by atoms with van der Waals surface area (Å²) in [6, 6.07) is 3.07. The van der Waals surface area contributed by atoms with E-state index in [0.29, 0.717) is 17.5 Å². The lowest BCUT2D eigenvalue weighted by molar-refractivity contribution is 0.0949. The van der Waals surface area contributed by atoms with Gasteiger partial charge in [-0.2, -0.15) is 0 Å². The van der Waals surface area contributed by atoms with E-state index in [1.54, 1.807) is 26.1 Å². The van der Waals surface area contributed by atoms with Crippen LogP contribution in [0.1, 0.15) is 36.4 Å². The molecule has 2 nitrogen and oxygen atoms in total. The van der Waals surface area contributed by atoms with Crippen molar-refractivity contribution in [3.05, 3.63) is 34.9 Å². The number of rotatable bonds is 4. The summed E-state index contributed by atoms with van der Waals surface area (Å²) in [6.45, 7) is 2.34. The van der Waals surface area contributed by atoms with Gasteiger partial charge in [-0.05, 0) is 38.8 Å². The summed E-state index contributed by atoms with van der Waals surface area (Å²) in [7, 11) is 1.76. The normalized spacial score (nSPS) is 21.2. The van der Waals surface area contributed by atoms with Crippen molar-refractivity contribution >= 4 is 0 Å². The van der Waals surface area contributed by atoms with E-state index in [4.69, 9.17) is 4.74 Å². The fourth-order valence-corrected chi connectivity index (χ4v) is 2.42. The Labute approximate surface area is 106 Å². The van der Waals surface area contributed by atoms with Gasteiger partial charge >= 0.3 is 0 Å². The van der Waals surface area contributed by atoms with Crippen LogP contribution >= 0.6 is 0 Å². The fraction of sp³-hybridized carbons (Fsp3) is 0.571. The molecule has 1 saturated heterocycles. The molecule has 2 rings (SSSR count). The monoisotopic (exact) mass is 255 g/mol.